The highest BCUT2D eigenvalue weighted by atomic mass is 79.9. The molecule has 0 fully saturated rings. The summed E-state index contributed by atoms with van der Waals surface area (Å²) in [5.74, 6) is -1.53. The maximum atomic E-state index is 13.4. The second-order valence-corrected chi connectivity index (χ2v) is 12.6. The van der Waals surface area contributed by atoms with Gasteiger partial charge in [-0.1, -0.05) is 65.7 Å². The number of carbonyl (C=O) groups excluding carboxylic acids is 4. The van der Waals surface area contributed by atoms with E-state index < -0.39 is 23.0 Å². The lowest BCUT2D eigenvalue weighted by atomic mass is 10.1. The molecule has 0 radical (unpaired) electrons. The van der Waals surface area contributed by atoms with Gasteiger partial charge in [0.1, 0.15) is 5.70 Å². The monoisotopic (exact) mass is 699 g/mol. The Labute approximate surface area is 281 Å². The van der Waals surface area contributed by atoms with Gasteiger partial charge in [-0.05, 0) is 91.7 Å². The molecular formula is C36H34BrN3O5S. The highest BCUT2D eigenvalue weighted by Crippen LogP contribution is 2.27. The molecule has 0 aromatic heterocycles. The van der Waals surface area contributed by atoms with Crippen molar-refractivity contribution < 1.29 is 23.9 Å². The predicted octanol–water partition coefficient (Wildman–Crippen LogP) is 7.93. The third-order valence-corrected chi connectivity index (χ3v) is 8.17. The van der Waals surface area contributed by atoms with Gasteiger partial charge in [0.2, 0.25) is 5.91 Å². The molecule has 3 amide bonds. The number of esters is 1. The fraction of sp³-hybridized carbons (Fsp3) is 0.167. The van der Waals surface area contributed by atoms with Gasteiger partial charge in [-0.2, -0.15) is 0 Å². The number of hydrogen-bond donors (Lipinski definition) is 3. The Kier molecular flexibility index (Phi) is 12.7. The minimum atomic E-state index is -0.505. The molecule has 46 heavy (non-hydrogen) atoms. The smallest absolute Gasteiger partial charge is 0.338 e. The van der Waals surface area contributed by atoms with Gasteiger partial charge in [-0.3, -0.25) is 14.4 Å². The third kappa shape index (κ3) is 10.5. The van der Waals surface area contributed by atoms with E-state index in [9.17, 15) is 19.2 Å². The molecule has 0 heterocycles. The molecule has 8 nitrogen and oxygen atoms in total. The van der Waals surface area contributed by atoms with Crippen molar-refractivity contribution >= 4 is 68.8 Å². The quantitative estimate of drug-likeness (QED) is 0.0565. The van der Waals surface area contributed by atoms with E-state index in [1.54, 1.807) is 79.7 Å². The SMILES string of the molecule is CCCCOC(=O)c1ccc(NC(=O)C(C)Sc2cccc(NC(=O)/C(=C\c3cccc(Br)c3)NC(=O)c3ccccc3)c2)cc1. The molecule has 0 spiro atoms. The molecule has 0 bridgehead atoms. The molecule has 0 aliphatic carbocycles. The molecule has 4 aromatic carbocycles. The largest absolute Gasteiger partial charge is 0.462 e. The number of thioether (sulfide) groups is 1. The van der Waals surface area contributed by atoms with E-state index >= 15 is 0 Å². The van der Waals surface area contributed by atoms with Crippen LogP contribution in [0.25, 0.3) is 6.08 Å². The topological polar surface area (TPSA) is 114 Å². The molecule has 0 aliphatic rings. The van der Waals surface area contributed by atoms with Crippen LogP contribution in [0.5, 0.6) is 0 Å². The minimum Gasteiger partial charge on any atom is -0.462 e. The average Bonchev–Trinajstić information content (AvgIpc) is 3.05. The van der Waals surface area contributed by atoms with Gasteiger partial charge >= 0.3 is 5.97 Å². The van der Waals surface area contributed by atoms with Crippen molar-refractivity contribution in [3.63, 3.8) is 0 Å². The van der Waals surface area contributed by atoms with Gasteiger partial charge in [0.05, 0.1) is 17.4 Å². The predicted molar refractivity (Wildman–Crippen MR) is 187 cm³/mol. The first kappa shape index (κ1) is 34.2. The maximum absolute atomic E-state index is 13.4. The summed E-state index contributed by atoms with van der Waals surface area (Å²) in [6, 6.07) is 29.7. The number of unbranched alkanes of at least 4 members (excludes halogenated alkanes) is 1. The first-order valence-corrected chi connectivity index (χ1v) is 16.4. The van der Waals surface area contributed by atoms with E-state index in [-0.39, 0.29) is 11.6 Å². The highest BCUT2D eigenvalue weighted by molar-refractivity contribution is 9.10. The first-order chi connectivity index (χ1) is 22.2. The van der Waals surface area contributed by atoms with Crippen LogP contribution in [0.4, 0.5) is 11.4 Å². The van der Waals surface area contributed by atoms with Crippen molar-refractivity contribution in [2.45, 2.75) is 36.8 Å². The van der Waals surface area contributed by atoms with Gasteiger partial charge in [-0.15, -0.1) is 11.8 Å². The van der Waals surface area contributed by atoms with Crippen molar-refractivity contribution in [1.29, 1.82) is 0 Å². The molecule has 4 rings (SSSR count). The number of nitrogens with one attached hydrogen (secondary N) is 3. The summed E-state index contributed by atoms with van der Waals surface area (Å²) in [6.07, 6.45) is 3.35. The van der Waals surface area contributed by atoms with Crippen molar-refractivity contribution in [3.8, 4) is 0 Å². The van der Waals surface area contributed by atoms with E-state index in [2.05, 4.69) is 31.9 Å². The molecule has 10 heteroatoms. The van der Waals surface area contributed by atoms with Gasteiger partial charge in [0, 0.05) is 26.3 Å². The lowest BCUT2D eigenvalue weighted by Gasteiger charge is -2.14. The first-order valence-electron chi connectivity index (χ1n) is 14.7. The van der Waals surface area contributed by atoms with Crippen LogP contribution in [0.15, 0.2) is 118 Å². The summed E-state index contributed by atoms with van der Waals surface area (Å²) in [7, 11) is 0. The Morgan fingerprint density at radius 2 is 1.57 bits per heavy atom. The fourth-order valence-electron chi connectivity index (χ4n) is 4.13. The van der Waals surface area contributed by atoms with Crippen LogP contribution in [-0.4, -0.2) is 35.5 Å². The van der Waals surface area contributed by atoms with Gasteiger partial charge in [0.25, 0.3) is 11.8 Å². The fourth-order valence-corrected chi connectivity index (χ4v) is 5.48. The zero-order chi connectivity index (χ0) is 32.9. The standard InChI is InChI=1S/C36H34BrN3O5S/c1-3-4-20-45-36(44)27-16-18-29(19-17-27)38-33(41)24(2)46-31-15-9-14-30(23-31)39-35(43)32(22-25-10-8-13-28(37)21-25)40-34(42)26-11-6-5-7-12-26/h5-19,21-24H,3-4,20H2,1-2H3,(H,38,41)(H,39,43)(H,40,42)/b32-22+. The maximum Gasteiger partial charge on any atom is 0.338 e. The number of halogens is 1. The van der Waals surface area contributed by atoms with Crippen molar-refractivity contribution in [2.75, 3.05) is 17.2 Å². The molecule has 4 aromatic rings. The van der Waals surface area contributed by atoms with Crippen molar-refractivity contribution in [2.24, 2.45) is 0 Å². The summed E-state index contributed by atoms with van der Waals surface area (Å²) < 4.78 is 6.06. The number of benzene rings is 4. The van der Waals surface area contributed by atoms with Crippen LogP contribution < -0.4 is 16.0 Å². The van der Waals surface area contributed by atoms with Crippen LogP contribution in [0.2, 0.25) is 0 Å². The molecule has 0 aliphatic heterocycles. The van der Waals surface area contributed by atoms with E-state index in [0.29, 0.717) is 29.1 Å². The molecule has 1 atom stereocenters. The van der Waals surface area contributed by atoms with E-state index in [1.807, 2.05) is 43.3 Å². The van der Waals surface area contributed by atoms with Crippen LogP contribution in [0.3, 0.4) is 0 Å². The second kappa shape index (κ2) is 17.1. The van der Waals surface area contributed by atoms with E-state index in [4.69, 9.17) is 4.74 Å². The summed E-state index contributed by atoms with van der Waals surface area (Å²) in [5, 5.41) is 8.00. The molecule has 0 saturated heterocycles. The van der Waals surface area contributed by atoms with Crippen LogP contribution in [0, 0.1) is 0 Å². The van der Waals surface area contributed by atoms with Gasteiger partial charge in [-0.25, -0.2) is 4.79 Å². The van der Waals surface area contributed by atoms with Crippen molar-refractivity contribution in [3.05, 3.63) is 130 Å². The highest BCUT2D eigenvalue weighted by Gasteiger charge is 2.18. The number of amides is 3. The zero-order valence-corrected chi connectivity index (χ0v) is 27.8. The Morgan fingerprint density at radius 1 is 0.826 bits per heavy atom. The Balaban J connectivity index is 1.40. The molecule has 1 unspecified atom stereocenters. The number of rotatable bonds is 13. The summed E-state index contributed by atoms with van der Waals surface area (Å²) >= 11 is 4.76. The van der Waals surface area contributed by atoms with E-state index in [0.717, 1.165) is 27.8 Å². The molecule has 3 N–H and O–H groups in total. The normalized spacial score (nSPS) is 11.7. The molecule has 236 valence electrons. The number of carbonyl (C=O) groups is 4. The summed E-state index contributed by atoms with van der Waals surface area (Å²) in [5.41, 5.74) is 2.69. The van der Waals surface area contributed by atoms with Crippen LogP contribution in [0.1, 0.15) is 53.0 Å². The Bertz CT molecular complexity index is 1710. The number of hydrogen-bond acceptors (Lipinski definition) is 6. The number of ether oxygens (including phenoxy) is 1. The Morgan fingerprint density at radius 3 is 2.28 bits per heavy atom. The van der Waals surface area contributed by atoms with Crippen LogP contribution >= 0.6 is 27.7 Å². The molecule has 0 saturated carbocycles. The van der Waals surface area contributed by atoms with Crippen LogP contribution in [-0.2, 0) is 14.3 Å². The molecular weight excluding hydrogens is 666 g/mol. The Hall–Kier alpha value is -4.67. The average molecular weight is 701 g/mol. The summed E-state index contributed by atoms with van der Waals surface area (Å²) in [4.78, 5) is 52.2. The third-order valence-electron chi connectivity index (χ3n) is 6.58. The minimum absolute atomic E-state index is 0.0676. The summed E-state index contributed by atoms with van der Waals surface area (Å²) in [6.45, 7) is 4.18. The van der Waals surface area contributed by atoms with E-state index in [1.165, 1.54) is 11.8 Å². The number of anilines is 2. The van der Waals surface area contributed by atoms with Gasteiger partial charge in [0.15, 0.2) is 0 Å². The lowest BCUT2D eigenvalue weighted by molar-refractivity contribution is -0.115. The lowest BCUT2D eigenvalue weighted by Crippen LogP contribution is -2.30. The van der Waals surface area contributed by atoms with Crippen molar-refractivity contribution in [1.82, 2.24) is 5.32 Å². The second-order valence-electron chi connectivity index (χ2n) is 10.2. The zero-order valence-electron chi connectivity index (χ0n) is 25.4. The van der Waals surface area contributed by atoms with Gasteiger partial charge < -0.3 is 20.7 Å².